The van der Waals surface area contributed by atoms with Crippen LogP contribution in [0.4, 0.5) is 5.69 Å². The molecule has 2 N–H and O–H groups in total. The van der Waals surface area contributed by atoms with Gasteiger partial charge in [-0.05, 0) is 24.3 Å². The lowest BCUT2D eigenvalue weighted by Gasteiger charge is -2.19. The normalized spacial score (nSPS) is 9.69. The van der Waals surface area contributed by atoms with Gasteiger partial charge in [-0.3, -0.25) is 4.79 Å². The van der Waals surface area contributed by atoms with E-state index in [0.29, 0.717) is 5.69 Å². The van der Waals surface area contributed by atoms with Crippen molar-refractivity contribution < 1.29 is 9.90 Å². The monoisotopic (exact) mass is 180 g/mol. The van der Waals surface area contributed by atoms with Gasteiger partial charge in [0.2, 0.25) is 5.91 Å². The predicted octanol–water partition coefficient (Wildman–Crippen LogP) is 0.879. The maximum atomic E-state index is 11.1. The molecule has 1 amide bonds. The standard InChI is InChI=1S/C9H12N2O2/c1-7(12)11(10-2)8-3-5-9(13)6-4-8/h3-6,10,13H,1-2H3. The van der Waals surface area contributed by atoms with E-state index in [0.717, 1.165) is 0 Å². The van der Waals surface area contributed by atoms with E-state index in [1.54, 1.807) is 19.2 Å². The fourth-order valence-corrected chi connectivity index (χ4v) is 1.07. The molecule has 0 heterocycles. The number of hydrogen-bond donors (Lipinski definition) is 2. The van der Waals surface area contributed by atoms with Crippen LogP contribution in [0.3, 0.4) is 0 Å². The number of nitrogens with zero attached hydrogens (tertiary/aromatic N) is 1. The number of anilines is 1. The first-order valence-electron chi connectivity index (χ1n) is 3.92. The van der Waals surface area contributed by atoms with Crippen molar-refractivity contribution in [1.82, 2.24) is 5.43 Å². The topological polar surface area (TPSA) is 52.6 Å². The zero-order valence-electron chi connectivity index (χ0n) is 7.61. The molecule has 0 saturated carbocycles. The molecule has 0 aliphatic heterocycles. The van der Waals surface area contributed by atoms with E-state index in [-0.39, 0.29) is 11.7 Å². The van der Waals surface area contributed by atoms with E-state index in [1.165, 1.54) is 24.1 Å². The Morgan fingerprint density at radius 1 is 1.38 bits per heavy atom. The Kier molecular flexibility index (Phi) is 2.87. The number of hydrazine groups is 1. The molecule has 0 radical (unpaired) electrons. The molecule has 0 spiro atoms. The fraction of sp³-hybridized carbons (Fsp3) is 0.222. The van der Waals surface area contributed by atoms with Gasteiger partial charge in [0, 0.05) is 14.0 Å². The van der Waals surface area contributed by atoms with E-state index >= 15 is 0 Å². The summed E-state index contributed by atoms with van der Waals surface area (Å²) in [6.07, 6.45) is 0. The average molecular weight is 180 g/mol. The molecule has 0 bridgehead atoms. The van der Waals surface area contributed by atoms with Crippen molar-refractivity contribution in [2.45, 2.75) is 6.92 Å². The summed E-state index contributed by atoms with van der Waals surface area (Å²) in [5.74, 6) is 0.0801. The molecule has 0 aromatic heterocycles. The molecule has 13 heavy (non-hydrogen) atoms. The Balaban J connectivity index is 2.92. The summed E-state index contributed by atoms with van der Waals surface area (Å²) in [6.45, 7) is 1.46. The number of benzene rings is 1. The molecule has 0 saturated heterocycles. The van der Waals surface area contributed by atoms with Gasteiger partial charge in [0.05, 0.1) is 5.69 Å². The summed E-state index contributed by atoms with van der Waals surface area (Å²) in [7, 11) is 1.66. The first kappa shape index (κ1) is 9.54. The number of amides is 1. The van der Waals surface area contributed by atoms with Gasteiger partial charge in [-0.1, -0.05) is 0 Å². The van der Waals surface area contributed by atoms with Gasteiger partial charge < -0.3 is 5.11 Å². The fourth-order valence-electron chi connectivity index (χ4n) is 1.07. The summed E-state index contributed by atoms with van der Waals surface area (Å²) in [5.41, 5.74) is 3.44. The Labute approximate surface area is 76.8 Å². The third kappa shape index (κ3) is 2.19. The molecule has 4 nitrogen and oxygen atoms in total. The molecular weight excluding hydrogens is 168 g/mol. The Bertz CT molecular complexity index is 295. The van der Waals surface area contributed by atoms with E-state index in [9.17, 15) is 4.79 Å². The average Bonchev–Trinajstić information content (AvgIpc) is 2.09. The minimum atomic E-state index is -0.104. The summed E-state index contributed by atoms with van der Waals surface area (Å²) in [5, 5.41) is 10.4. The van der Waals surface area contributed by atoms with Crippen LogP contribution in [-0.4, -0.2) is 18.1 Å². The molecule has 0 fully saturated rings. The first-order chi connectivity index (χ1) is 6.15. The van der Waals surface area contributed by atoms with Gasteiger partial charge in [0.15, 0.2) is 0 Å². The van der Waals surface area contributed by atoms with E-state index in [2.05, 4.69) is 5.43 Å². The molecule has 1 aromatic rings. The number of hydrogen-bond acceptors (Lipinski definition) is 3. The SMILES string of the molecule is CNN(C(C)=O)c1ccc(O)cc1. The van der Waals surface area contributed by atoms with Crippen LogP contribution in [0, 0.1) is 0 Å². The predicted molar refractivity (Wildman–Crippen MR) is 50.3 cm³/mol. The van der Waals surface area contributed by atoms with Crippen LogP contribution in [0.15, 0.2) is 24.3 Å². The highest BCUT2D eigenvalue weighted by atomic mass is 16.3. The van der Waals surface area contributed by atoms with Crippen molar-refractivity contribution in [2.24, 2.45) is 0 Å². The van der Waals surface area contributed by atoms with Crippen LogP contribution >= 0.6 is 0 Å². The smallest absolute Gasteiger partial charge is 0.238 e. The second kappa shape index (κ2) is 3.91. The first-order valence-corrected chi connectivity index (χ1v) is 3.92. The maximum absolute atomic E-state index is 11.1. The lowest BCUT2D eigenvalue weighted by atomic mass is 10.3. The molecule has 4 heteroatoms. The second-order valence-electron chi connectivity index (χ2n) is 2.59. The number of carbonyl (C=O) groups excluding carboxylic acids is 1. The number of phenolic OH excluding ortho intramolecular Hbond substituents is 1. The largest absolute Gasteiger partial charge is 0.508 e. The van der Waals surface area contributed by atoms with Crippen molar-refractivity contribution >= 4 is 11.6 Å². The molecule has 0 aliphatic rings. The van der Waals surface area contributed by atoms with E-state index in [4.69, 9.17) is 5.11 Å². The molecule has 1 rings (SSSR count). The minimum absolute atomic E-state index is 0.104. The molecule has 0 aliphatic carbocycles. The van der Waals surface area contributed by atoms with Crippen molar-refractivity contribution in [2.75, 3.05) is 12.1 Å². The molecular formula is C9H12N2O2. The number of rotatable bonds is 2. The van der Waals surface area contributed by atoms with Crippen molar-refractivity contribution in [3.8, 4) is 5.75 Å². The minimum Gasteiger partial charge on any atom is -0.508 e. The van der Waals surface area contributed by atoms with Crippen LogP contribution in [-0.2, 0) is 4.79 Å². The van der Waals surface area contributed by atoms with Gasteiger partial charge in [0.1, 0.15) is 5.75 Å². The maximum Gasteiger partial charge on any atom is 0.238 e. The summed E-state index contributed by atoms with van der Waals surface area (Å²) >= 11 is 0. The summed E-state index contributed by atoms with van der Waals surface area (Å²) in [6, 6.07) is 6.38. The third-order valence-electron chi connectivity index (χ3n) is 1.65. The van der Waals surface area contributed by atoms with Crippen LogP contribution in [0.2, 0.25) is 0 Å². The van der Waals surface area contributed by atoms with Crippen LogP contribution in [0.1, 0.15) is 6.92 Å². The molecule has 0 atom stereocenters. The Hall–Kier alpha value is -1.55. The summed E-state index contributed by atoms with van der Waals surface area (Å²) in [4.78, 5) is 11.1. The quantitative estimate of drug-likeness (QED) is 0.664. The summed E-state index contributed by atoms with van der Waals surface area (Å²) < 4.78 is 0. The van der Waals surface area contributed by atoms with Gasteiger partial charge in [-0.2, -0.15) is 0 Å². The van der Waals surface area contributed by atoms with Gasteiger partial charge in [0.25, 0.3) is 0 Å². The van der Waals surface area contributed by atoms with Gasteiger partial charge >= 0.3 is 0 Å². The number of nitrogens with one attached hydrogen (secondary N) is 1. The van der Waals surface area contributed by atoms with Crippen molar-refractivity contribution in [1.29, 1.82) is 0 Å². The highest BCUT2D eigenvalue weighted by Gasteiger charge is 2.07. The zero-order chi connectivity index (χ0) is 9.84. The van der Waals surface area contributed by atoms with Gasteiger partial charge in [-0.15, -0.1) is 0 Å². The molecule has 1 aromatic carbocycles. The Morgan fingerprint density at radius 2 is 1.92 bits per heavy atom. The van der Waals surface area contributed by atoms with E-state index < -0.39 is 0 Å². The van der Waals surface area contributed by atoms with Crippen LogP contribution in [0.25, 0.3) is 0 Å². The zero-order valence-corrected chi connectivity index (χ0v) is 7.61. The lowest BCUT2D eigenvalue weighted by Crippen LogP contribution is -2.38. The molecule has 70 valence electrons. The highest BCUT2D eigenvalue weighted by Crippen LogP contribution is 2.16. The second-order valence-corrected chi connectivity index (χ2v) is 2.59. The van der Waals surface area contributed by atoms with Crippen LogP contribution in [0.5, 0.6) is 5.75 Å². The highest BCUT2D eigenvalue weighted by molar-refractivity contribution is 5.90. The van der Waals surface area contributed by atoms with Crippen LogP contribution < -0.4 is 10.4 Å². The van der Waals surface area contributed by atoms with Gasteiger partial charge in [-0.25, -0.2) is 10.4 Å². The third-order valence-corrected chi connectivity index (χ3v) is 1.65. The molecule has 0 unspecified atom stereocenters. The number of aromatic hydroxyl groups is 1. The van der Waals surface area contributed by atoms with E-state index in [1.807, 2.05) is 0 Å². The van der Waals surface area contributed by atoms with Crippen molar-refractivity contribution in [3.05, 3.63) is 24.3 Å². The number of carbonyl (C=O) groups is 1. The van der Waals surface area contributed by atoms with Crippen molar-refractivity contribution in [3.63, 3.8) is 0 Å². The number of phenols is 1. The Morgan fingerprint density at radius 3 is 2.31 bits per heavy atom. The lowest BCUT2D eigenvalue weighted by molar-refractivity contribution is -0.117.